The molecule has 1 amide bonds. The van der Waals surface area contributed by atoms with Crippen LogP contribution in [0.3, 0.4) is 0 Å². The highest BCUT2D eigenvalue weighted by atomic mass is 35.5. The molecule has 2 aromatic carbocycles. The normalized spacial score (nSPS) is 12.0. The molecule has 3 N–H and O–H groups in total. The molecule has 0 atom stereocenters. The number of phosphoric ester groups is 1. The number of nitrogens with zero attached hydrogens (tertiary/aromatic N) is 3. The van der Waals surface area contributed by atoms with Crippen molar-refractivity contribution in [1.82, 2.24) is 15.5 Å². The number of pyridine rings is 1. The summed E-state index contributed by atoms with van der Waals surface area (Å²) in [5.41, 5.74) is 0.468. The molecule has 0 radical (unpaired) electrons. The van der Waals surface area contributed by atoms with Crippen LogP contribution < -0.4 is 15.0 Å². The third-order valence-corrected chi connectivity index (χ3v) is 7.84. The number of carbonyl (C=O) groups is 1. The van der Waals surface area contributed by atoms with Gasteiger partial charge >= 0.3 is 14.0 Å². The molecule has 0 bridgehead atoms. The van der Waals surface area contributed by atoms with Gasteiger partial charge in [0.25, 0.3) is 5.91 Å². The van der Waals surface area contributed by atoms with Crippen molar-refractivity contribution in [2.75, 3.05) is 25.1 Å². The van der Waals surface area contributed by atoms with E-state index in [9.17, 15) is 22.5 Å². The number of amides is 1. The molecular weight excluding hydrogens is 687 g/mol. The molecule has 0 aliphatic rings. The van der Waals surface area contributed by atoms with Crippen molar-refractivity contribution >= 4 is 42.6 Å². The molecule has 0 fully saturated rings. The molecule has 0 aliphatic heterocycles. The number of benzene rings is 2. The molecule has 4 rings (SSSR count). The molecule has 17 heteroatoms. The Morgan fingerprint density at radius 1 is 1.11 bits per heavy atom. The van der Waals surface area contributed by atoms with Crippen LogP contribution in [0, 0.1) is 0 Å². The van der Waals surface area contributed by atoms with Gasteiger partial charge < -0.3 is 29.3 Å². The van der Waals surface area contributed by atoms with Gasteiger partial charge in [-0.2, -0.15) is 13.2 Å². The van der Waals surface area contributed by atoms with Gasteiger partial charge in [0.15, 0.2) is 5.69 Å². The maximum absolute atomic E-state index is 14.3. The zero-order valence-corrected chi connectivity index (χ0v) is 27.6. The van der Waals surface area contributed by atoms with Crippen LogP contribution in [0.4, 0.5) is 18.9 Å². The molecule has 11 nitrogen and oxygen atoms in total. The van der Waals surface area contributed by atoms with E-state index in [0.29, 0.717) is 38.2 Å². The topological polar surface area (TPSA) is 147 Å². The summed E-state index contributed by atoms with van der Waals surface area (Å²) in [5, 5.41) is 7.20. The van der Waals surface area contributed by atoms with Crippen LogP contribution in [0.1, 0.15) is 52.7 Å². The van der Waals surface area contributed by atoms with E-state index in [2.05, 4.69) is 20.0 Å². The van der Waals surface area contributed by atoms with Crippen LogP contribution in [-0.4, -0.2) is 46.0 Å². The summed E-state index contributed by atoms with van der Waals surface area (Å²) in [6.07, 6.45) is -4.84. The number of ether oxygens (including phenoxy) is 1. The van der Waals surface area contributed by atoms with Crippen molar-refractivity contribution in [3.8, 4) is 17.1 Å². The number of phosphoric acid groups is 1. The quantitative estimate of drug-likeness (QED) is 0.0956. The van der Waals surface area contributed by atoms with Crippen LogP contribution in [-0.2, 0) is 28.4 Å². The predicted molar refractivity (Wildman–Crippen MR) is 168 cm³/mol. The van der Waals surface area contributed by atoms with E-state index in [1.165, 1.54) is 36.2 Å². The first-order chi connectivity index (χ1) is 22.0. The van der Waals surface area contributed by atoms with Gasteiger partial charge in [-0.25, -0.2) is 9.55 Å². The Balaban J connectivity index is 1.53. The van der Waals surface area contributed by atoms with Gasteiger partial charge in [0.1, 0.15) is 18.1 Å². The zero-order chi connectivity index (χ0) is 34.5. The Bertz CT molecular complexity index is 1760. The Hall–Kier alpha value is -3.65. The molecule has 2 aromatic heterocycles. The molecule has 0 aliphatic carbocycles. The van der Waals surface area contributed by atoms with Gasteiger partial charge in [0.05, 0.1) is 27.9 Å². The van der Waals surface area contributed by atoms with E-state index < -0.39 is 32.2 Å². The van der Waals surface area contributed by atoms with Crippen molar-refractivity contribution < 1.29 is 46.1 Å². The highest BCUT2D eigenvalue weighted by Gasteiger charge is 2.37. The Morgan fingerprint density at radius 3 is 2.43 bits per heavy atom. The van der Waals surface area contributed by atoms with Crippen LogP contribution in [0.15, 0.2) is 59.1 Å². The van der Waals surface area contributed by atoms with E-state index in [-0.39, 0.29) is 42.7 Å². The summed E-state index contributed by atoms with van der Waals surface area (Å²) >= 11 is 12.8. The third-order valence-electron chi connectivity index (χ3n) is 6.69. The number of anilines is 1. The molecular formula is C30H30Cl2F3N4O7P. The van der Waals surface area contributed by atoms with Crippen LogP contribution in [0.5, 0.6) is 5.88 Å². The summed E-state index contributed by atoms with van der Waals surface area (Å²) in [5.74, 6) is -0.537. The Kier molecular flexibility index (Phi) is 11.6. The average Bonchev–Trinajstić information content (AvgIpc) is 3.41. The van der Waals surface area contributed by atoms with Crippen LogP contribution >= 0.6 is 31.0 Å². The highest BCUT2D eigenvalue weighted by molar-refractivity contribution is 7.46. The fraction of sp³-hybridized carbons (Fsp3) is 0.300. The van der Waals surface area contributed by atoms with E-state index in [1.54, 1.807) is 30.3 Å². The van der Waals surface area contributed by atoms with Crippen LogP contribution in [0.25, 0.3) is 11.3 Å². The van der Waals surface area contributed by atoms with E-state index in [1.807, 2.05) is 13.8 Å². The summed E-state index contributed by atoms with van der Waals surface area (Å²) in [6.45, 7) is 2.88. The van der Waals surface area contributed by atoms with Gasteiger partial charge in [0, 0.05) is 43.2 Å². The lowest BCUT2D eigenvalue weighted by Gasteiger charge is -2.23. The first-order valence-electron chi connectivity index (χ1n) is 14.0. The minimum atomic E-state index is -4.84. The van der Waals surface area contributed by atoms with Crippen molar-refractivity contribution in [3.05, 3.63) is 92.8 Å². The van der Waals surface area contributed by atoms with Gasteiger partial charge in [-0.05, 0) is 35.9 Å². The maximum Gasteiger partial charge on any atom is 0.469 e. The first kappa shape index (κ1) is 36.2. The zero-order valence-electron chi connectivity index (χ0n) is 25.2. The minimum absolute atomic E-state index is 0.0200. The predicted octanol–water partition coefficient (Wildman–Crippen LogP) is 7.24. The Morgan fingerprint density at radius 2 is 1.79 bits per heavy atom. The third kappa shape index (κ3) is 9.47. The minimum Gasteiger partial charge on any atom is -0.473 e. The molecule has 0 saturated carbocycles. The molecule has 0 unspecified atom stereocenters. The van der Waals surface area contributed by atoms with E-state index in [0.717, 1.165) is 0 Å². The van der Waals surface area contributed by atoms with Crippen molar-refractivity contribution in [3.63, 3.8) is 0 Å². The second kappa shape index (κ2) is 15.1. The number of hydrogen-bond acceptors (Lipinski definition) is 8. The number of rotatable bonds is 13. The molecule has 0 saturated heterocycles. The second-order valence-corrected chi connectivity index (χ2v) is 12.6. The number of hydrogen-bond donors (Lipinski definition) is 3. The van der Waals surface area contributed by atoms with Gasteiger partial charge in [-0.15, -0.1) is 0 Å². The molecule has 252 valence electrons. The van der Waals surface area contributed by atoms with E-state index in [4.69, 9.17) is 42.2 Å². The fourth-order valence-corrected chi connectivity index (χ4v) is 5.52. The fourth-order valence-electron chi connectivity index (χ4n) is 4.61. The van der Waals surface area contributed by atoms with Gasteiger partial charge in [-0.3, -0.25) is 9.32 Å². The van der Waals surface area contributed by atoms with Crippen molar-refractivity contribution in [2.45, 2.75) is 39.1 Å². The number of halogens is 5. The average molecular weight is 717 g/mol. The molecule has 0 spiro atoms. The highest BCUT2D eigenvalue weighted by Crippen LogP contribution is 2.40. The van der Waals surface area contributed by atoms with Crippen molar-refractivity contribution in [1.29, 1.82) is 0 Å². The standard InChI is InChI=1S/C30H30Cl2F3N4O7P/c1-17(2)27-20(26(38-46-27)25-21(31)8-5-9-22(25)32)16-44-24-11-10-23(28(37-24)30(33,34)35)39(3)15-18-6-4-7-19(14-18)29(40)36-12-13-45-47(41,42)43/h4-11,14,17H,12-13,15-16H2,1-3H3,(H,36,40)(H2,41,42,43). The number of nitrogens with one attached hydrogen (secondary N) is 1. The summed E-state index contributed by atoms with van der Waals surface area (Å²) in [4.78, 5) is 35.1. The van der Waals surface area contributed by atoms with Gasteiger partial charge in [-0.1, -0.05) is 60.4 Å². The molecule has 2 heterocycles. The summed E-state index contributed by atoms with van der Waals surface area (Å²) in [7, 11) is -3.22. The first-order valence-corrected chi connectivity index (χ1v) is 16.3. The van der Waals surface area contributed by atoms with E-state index >= 15 is 0 Å². The largest absolute Gasteiger partial charge is 0.473 e. The monoisotopic (exact) mass is 716 g/mol. The lowest BCUT2D eigenvalue weighted by atomic mass is 10.0. The Labute approximate surface area is 277 Å². The maximum atomic E-state index is 14.3. The van der Waals surface area contributed by atoms with Crippen molar-refractivity contribution in [2.24, 2.45) is 0 Å². The number of alkyl halides is 3. The number of carbonyl (C=O) groups excluding carboxylic acids is 1. The lowest BCUT2D eigenvalue weighted by Crippen LogP contribution is -2.27. The summed E-state index contributed by atoms with van der Waals surface area (Å²) in [6, 6.07) is 13.7. The van der Waals surface area contributed by atoms with Crippen LogP contribution in [0.2, 0.25) is 10.0 Å². The smallest absolute Gasteiger partial charge is 0.469 e. The molecule has 4 aromatic rings. The lowest BCUT2D eigenvalue weighted by molar-refractivity contribution is -0.140. The SMILES string of the molecule is CC(C)c1onc(-c2c(Cl)cccc2Cl)c1COc1ccc(N(C)Cc2cccc(C(=O)NCCOP(=O)(O)O)c2)c(C(F)(F)F)n1. The summed E-state index contributed by atoms with van der Waals surface area (Å²) < 4.78 is 69.2. The van der Waals surface area contributed by atoms with Gasteiger partial charge in [0.2, 0.25) is 5.88 Å². The molecule has 47 heavy (non-hydrogen) atoms. The number of aromatic nitrogens is 2. The second-order valence-electron chi connectivity index (χ2n) is 10.6.